The lowest BCUT2D eigenvalue weighted by atomic mass is 10.1. The number of rotatable bonds is 3. The molecule has 0 aromatic heterocycles. The van der Waals surface area contributed by atoms with E-state index in [0.29, 0.717) is 22.7 Å². The van der Waals surface area contributed by atoms with Gasteiger partial charge in [-0.3, -0.25) is 0 Å². The van der Waals surface area contributed by atoms with Gasteiger partial charge in [0.2, 0.25) is 10.0 Å². The molecule has 1 aromatic rings. The van der Waals surface area contributed by atoms with Crippen LogP contribution in [0.2, 0.25) is 5.02 Å². The van der Waals surface area contributed by atoms with Crippen LogP contribution in [0.4, 0.5) is 0 Å². The number of thioether (sulfide) groups is 1. The lowest BCUT2D eigenvalue weighted by Gasteiger charge is -2.36. The topological polar surface area (TPSA) is 57.6 Å². The fraction of sp³-hybridized carbons (Fsp3) is 0.571. The molecular weight excluding hydrogens is 330 g/mol. The summed E-state index contributed by atoms with van der Waals surface area (Å²) in [6, 6.07) is 3.02. The zero-order chi connectivity index (χ0) is 15.8. The van der Waals surface area contributed by atoms with E-state index in [-0.39, 0.29) is 22.8 Å². The summed E-state index contributed by atoms with van der Waals surface area (Å²) >= 11 is 7.80. The number of halogens is 1. The van der Waals surface area contributed by atoms with Crippen LogP contribution in [0.15, 0.2) is 17.0 Å². The van der Waals surface area contributed by atoms with Gasteiger partial charge in [-0.25, -0.2) is 8.42 Å². The normalized spacial score (nSPS) is 24.2. The van der Waals surface area contributed by atoms with Crippen LogP contribution in [-0.4, -0.2) is 41.4 Å². The molecule has 0 amide bonds. The molecular formula is C14H20ClNO3S2. The van der Waals surface area contributed by atoms with Gasteiger partial charge in [0.05, 0.1) is 11.5 Å². The van der Waals surface area contributed by atoms with Crippen molar-refractivity contribution in [3.63, 3.8) is 0 Å². The lowest BCUT2D eigenvalue weighted by Crippen LogP contribution is -2.48. The Kier molecular flexibility index (Phi) is 5.26. The molecule has 2 atom stereocenters. The van der Waals surface area contributed by atoms with Crippen molar-refractivity contribution in [2.75, 3.05) is 12.3 Å². The van der Waals surface area contributed by atoms with Crippen LogP contribution in [0.25, 0.3) is 0 Å². The second-order valence-electron chi connectivity index (χ2n) is 5.28. The van der Waals surface area contributed by atoms with Gasteiger partial charge in [-0.1, -0.05) is 18.5 Å². The van der Waals surface area contributed by atoms with Gasteiger partial charge in [0.25, 0.3) is 0 Å². The minimum absolute atomic E-state index is 0.0651. The van der Waals surface area contributed by atoms with Crippen LogP contribution in [0, 0.1) is 6.92 Å². The van der Waals surface area contributed by atoms with E-state index in [1.165, 1.54) is 6.07 Å². The number of nitrogens with zero attached hydrogens (tertiary/aromatic N) is 1. The summed E-state index contributed by atoms with van der Waals surface area (Å²) in [6.45, 7) is 5.96. The minimum Gasteiger partial charge on any atom is -0.392 e. The maximum absolute atomic E-state index is 13.0. The first-order valence-electron chi connectivity index (χ1n) is 6.82. The Bertz CT molecular complexity index is 633. The van der Waals surface area contributed by atoms with Crippen molar-refractivity contribution < 1.29 is 13.5 Å². The Morgan fingerprint density at radius 2 is 2.10 bits per heavy atom. The van der Waals surface area contributed by atoms with Gasteiger partial charge < -0.3 is 5.11 Å². The molecule has 1 aliphatic heterocycles. The van der Waals surface area contributed by atoms with Crippen LogP contribution in [0.1, 0.15) is 25.0 Å². The number of hydrogen-bond donors (Lipinski definition) is 1. The van der Waals surface area contributed by atoms with Crippen LogP contribution in [0.5, 0.6) is 0 Å². The Hall–Kier alpha value is -0.270. The van der Waals surface area contributed by atoms with Gasteiger partial charge in [0.15, 0.2) is 0 Å². The average molecular weight is 350 g/mol. The molecule has 2 unspecified atom stereocenters. The third-order valence-corrected chi connectivity index (χ3v) is 7.68. The second-order valence-corrected chi connectivity index (χ2v) is 9.06. The molecule has 7 heteroatoms. The number of aliphatic hydroxyl groups is 1. The van der Waals surface area contributed by atoms with Crippen molar-refractivity contribution in [2.24, 2.45) is 0 Å². The van der Waals surface area contributed by atoms with Crippen molar-refractivity contribution >= 4 is 33.4 Å². The first kappa shape index (κ1) is 17.1. The molecule has 1 aromatic carbocycles. The summed E-state index contributed by atoms with van der Waals surface area (Å²) in [5.74, 6) is 0.789. The SMILES string of the molecule is Cc1c(CO)cc(Cl)cc1S(=O)(=O)N1CCSC(C)C1C. The quantitative estimate of drug-likeness (QED) is 0.911. The van der Waals surface area contributed by atoms with Crippen molar-refractivity contribution in [1.82, 2.24) is 4.31 Å². The predicted molar refractivity (Wildman–Crippen MR) is 87.4 cm³/mol. The van der Waals surface area contributed by atoms with Crippen molar-refractivity contribution in [3.8, 4) is 0 Å². The molecule has 2 rings (SSSR count). The molecule has 1 aliphatic rings. The van der Waals surface area contributed by atoms with E-state index in [2.05, 4.69) is 0 Å². The molecule has 1 saturated heterocycles. The summed E-state index contributed by atoms with van der Waals surface area (Å²) in [4.78, 5) is 0.199. The smallest absolute Gasteiger partial charge is 0.243 e. The predicted octanol–water partition coefficient (Wildman–Crippen LogP) is 2.66. The molecule has 0 spiro atoms. The maximum Gasteiger partial charge on any atom is 0.243 e. The first-order chi connectivity index (χ1) is 9.78. The largest absolute Gasteiger partial charge is 0.392 e. The highest BCUT2D eigenvalue weighted by Crippen LogP contribution is 2.32. The van der Waals surface area contributed by atoms with E-state index in [4.69, 9.17) is 11.6 Å². The number of benzene rings is 1. The molecule has 0 saturated carbocycles. The second kappa shape index (κ2) is 6.46. The zero-order valence-electron chi connectivity index (χ0n) is 12.3. The van der Waals surface area contributed by atoms with Gasteiger partial charge in [-0.05, 0) is 37.1 Å². The van der Waals surface area contributed by atoms with Gasteiger partial charge in [-0.2, -0.15) is 16.1 Å². The fourth-order valence-electron chi connectivity index (χ4n) is 2.51. The lowest BCUT2D eigenvalue weighted by molar-refractivity contribution is 0.280. The average Bonchev–Trinajstić information content (AvgIpc) is 2.43. The first-order valence-corrected chi connectivity index (χ1v) is 9.69. The Balaban J connectivity index is 2.51. The molecule has 0 bridgehead atoms. The Morgan fingerprint density at radius 3 is 2.71 bits per heavy atom. The van der Waals surface area contributed by atoms with E-state index in [1.54, 1.807) is 29.1 Å². The summed E-state index contributed by atoms with van der Waals surface area (Å²) in [7, 11) is -3.61. The molecule has 0 aliphatic carbocycles. The summed E-state index contributed by atoms with van der Waals surface area (Å²) < 4.78 is 27.5. The standard InChI is InChI=1S/C14H20ClNO3S2/c1-9-12(8-17)6-13(15)7-14(9)21(18,19)16-4-5-20-11(3)10(16)2/h6-7,10-11,17H,4-5,8H2,1-3H3. The Labute approximate surface area is 135 Å². The fourth-order valence-corrected chi connectivity index (χ4v) is 6.11. The number of hydrogen-bond acceptors (Lipinski definition) is 4. The van der Waals surface area contributed by atoms with Crippen LogP contribution in [0.3, 0.4) is 0 Å². The molecule has 1 N–H and O–H groups in total. The molecule has 118 valence electrons. The highest BCUT2D eigenvalue weighted by Gasteiger charge is 2.36. The molecule has 0 radical (unpaired) electrons. The van der Waals surface area contributed by atoms with E-state index >= 15 is 0 Å². The van der Waals surface area contributed by atoms with E-state index in [0.717, 1.165) is 5.75 Å². The third-order valence-electron chi connectivity index (χ3n) is 4.02. The summed E-state index contributed by atoms with van der Waals surface area (Å²) in [5, 5.41) is 9.95. The molecule has 4 nitrogen and oxygen atoms in total. The molecule has 21 heavy (non-hydrogen) atoms. The highest BCUT2D eigenvalue weighted by atomic mass is 35.5. The summed E-state index contributed by atoms with van der Waals surface area (Å²) in [5.41, 5.74) is 1.12. The van der Waals surface area contributed by atoms with Crippen molar-refractivity contribution in [2.45, 2.75) is 43.6 Å². The van der Waals surface area contributed by atoms with Crippen LogP contribution in [-0.2, 0) is 16.6 Å². The van der Waals surface area contributed by atoms with Gasteiger partial charge in [-0.15, -0.1) is 0 Å². The Morgan fingerprint density at radius 1 is 1.43 bits per heavy atom. The van der Waals surface area contributed by atoms with Gasteiger partial charge in [0, 0.05) is 28.6 Å². The van der Waals surface area contributed by atoms with E-state index in [9.17, 15) is 13.5 Å². The van der Waals surface area contributed by atoms with Crippen LogP contribution < -0.4 is 0 Å². The third kappa shape index (κ3) is 3.24. The van der Waals surface area contributed by atoms with Gasteiger partial charge in [0.1, 0.15) is 0 Å². The van der Waals surface area contributed by atoms with E-state index < -0.39 is 10.0 Å². The molecule has 1 fully saturated rings. The highest BCUT2D eigenvalue weighted by molar-refractivity contribution is 8.00. The molecule has 1 heterocycles. The van der Waals surface area contributed by atoms with Crippen LogP contribution >= 0.6 is 23.4 Å². The summed E-state index contributed by atoms with van der Waals surface area (Å²) in [6.07, 6.45) is 0. The van der Waals surface area contributed by atoms with E-state index in [1.807, 2.05) is 13.8 Å². The van der Waals surface area contributed by atoms with Crippen molar-refractivity contribution in [1.29, 1.82) is 0 Å². The maximum atomic E-state index is 13.0. The van der Waals surface area contributed by atoms with Gasteiger partial charge >= 0.3 is 0 Å². The number of sulfonamides is 1. The number of aliphatic hydroxyl groups excluding tert-OH is 1. The monoisotopic (exact) mass is 349 g/mol. The van der Waals surface area contributed by atoms with Crippen molar-refractivity contribution in [3.05, 3.63) is 28.3 Å². The minimum atomic E-state index is -3.61. The zero-order valence-corrected chi connectivity index (χ0v) is 14.7.